The van der Waals surface area contributed by atoms with Crippen molar-refractivity contribution in [2.75, 3.05) is 24.3 Å². The van der Waals surface area contributed by atoms with E-state index >= 15 is 0 Å². The number of pyridine rings is 1. The van der Waals surface area contributed by atoms with Crippen molar-refractivity contribution in [2.24, 2.45) is 0 Å². The third kappa shape index (κ3) is 3.37. The van der Waals surface area contributed by atoms with E-state index in [1.54, 1.807) is 13.3 Å². The molecule has 2 rings (SSSR count). The van der Waals surface area contributed by atoms with E-state index in [0.29, 0.717) is 0 Å². The summed E-state index contributed by atoms with van der Waals surface area (Å²) < 4.78 is 5.35. The Hall–Kier alpha value is -2.23. The molecule has 2 N–H and O–H groups in total. The van der Waals surface area contributed by atoms with Crippen LogP contribution >= 0.6 is 0 Å². The van der Waals surface area contributed by atoms with Crippen molar-refractivity contribution in [1.82, 2.24) is 4.98 Å². The lowest BCUT2D eigenvalue weighted by Crippen LogP contribution is -1.99. The van der Waals surface area contributed by atoms with Gasteiger partial charge in [-0.15, -0.1) is 0 Å². The fraction of sp³-hybridized carbons (Fsp3) is 0.267. The topological polar surface area (TPSA) is 46.2 Å². The van der Waals surface area contributed by atoms with Gasteiger partial charge in [0.15, 0.2) is 0 Å². The Bertz CT molecular complexity index is 555. The molecule has 0 radical (unpaired) electrons. The Balaban J connectivity index is 2.25. The average molecular weight is 257 g/mol. The Morgan fingerprint density at radius 1 is 1.16 bits per heavy atom. The fourth-order valence-corrected chi connectivity index (χ4v) is 1.88. The van der Waals surface area contributed by atoms with E-state index in [0.717, 1.165) is 29.4 Å². The predicted molar refractivity (Wildman–Crippen MR) is 79.4 cm³/mol. The van der Waals surface area contributed by atoms with Crippen LogP contribution < -0.4 is 15.4 Å². The van der Waals surface area contributed by atoms with E-state index < -0.39 is 0 Å². The van der Waals surface area contributed by atoms with E-state index in [1.165, 1.54) is 5.56 Å². The molecule has 0 amide bonds. The van der Waals surface area contributed by atoms with Gasteiger partial charge in [-0.05, 0) is 37.6 Å². The zero-order valence-electron chi connectivity index (χ0n) is 11.5. The minimum Gasteiger partial charge on any atom is -0.495 e. The Morgan fingerprint density at radius 3 is 2.68 bits per heavy atom. The molecule has 0 fully saturated rings. The van der Waals surface area contributed by atoms with Crippen LogP contribution in [-0.4, -0.2) is 18.6 Å². The van der Waals surface area contributed by atoms with Crippen LogP contribution in [0.15, 0.2) is 36.7 Å². The largest absolute Gasteiger partial charge is 0.495 e. The molecule has 0 unspecified atom stereocenters. The lowest BCUT2D eigenvalue weighted by molar-refractivity contribution is 0.416. The first-order valence-electron chi connectivity index (χ1n) is 6.33. The Labute approximate surface area is 113 Å². The number of ether oxygens (including phenoxy) is 1. The van der Waals surface area contributed by atoms with Crippen molar-refractivity contribution in [1.29, 1.82) is 0 Å². The highest BCUT2D eigenvalue weighted by Crippen LogP contribution is 2.28. The van der Waals surface area contributed by atoms with Crippen LogP contribution in [0.5, 0.6) is 5.75 Å². The van der Waals surface area contributed by atoms with E-state index in [1.807, 2.05) is 24.4 Å². The van der Waals surface area contributed by atoms with Crippen LogP contribution in [0.2, 0.25) is 0 Å². The molecule has 0 aliphatic rings. The lowest BCUT2D eigenvalue weighted by atomic mass is 10.2. The minimum atomic E-state index is 0.819. The van der Waals surface area contributed by atoms with Crippen LogP contribution in [0.1, 0.15) is 12.5 Å². The summed E-state index contributed by atoms with van der Waals surface area (Å²) in [4.78, 5) is 4.21. The van der Waals surface area contributed by atoms with E-state index in [4.69, 9.17) is 4.74 Å². The summed E-state index contributed by atoms with van der Waals surface area (Å²) in [5.74, 6) is 0.819. The predicted octanol–water partition coefficient (Wildman–Crippen LogP) is 3.57. The zero-order valence-corrected chi connectivity index (χ0v) is 11.5. The SMILES string of the molecule is CCNc1cncc(Nc2cc(C)ccc2OC)c1. The average Bonchev–Trinajstić information content (AvgIpc) is 2.40. The maximum Gasteiger partial charge on any atom is 0.142 e. The molecular weight excluding hydrogens is 238 g/mol. The first-order chi connectivity index (χ1) is 9.22. The molecule has 19 heavy (non-hydrogen) atoms. The summed E-state index contributed by atoms with van der Waals surface area (Å²) in [6, 6.07) is 8.06. The van der Waals surface area contributed by atoms with Crippen molar-refractivity contribution in [2.45, 2.75) is 13.8 Å². The third-order valence-corrected chi connectivity index (χ3v) is 2.75. The van der Waals surface area contributed by atoms with E-state index in [2.05, 4.69) is 35.5 Å². The summed E-state index contributed by atoms with van der Waals surface area (Å²) in [5.41, 5.74) is 4.05. The van der Waals surface area contributed by atoms with Gasteiger partial charge in [-0.2, -0.15) is 0 Å². The summed E-state index contributed by atoms with van der Waals surface area (Å²) in [6.45, 7) is 4.99. The number of aromatic nitrogens is 1. The van der Waals surface area contributed by atoms with Crippen LogP contribution in [-0.2, 0) is 0 Å². The molecule has 2 aromatic rings. The molecule has 4 nitrogen and oxygen atoms in total. The molecule has 100 valence electrons. The summed E-state index contributed by atoms with van der Waals surface area (Å²) in [6.07, 6.45) is 3.60. The molecule has 0 saturated heterocycles. The van der Waals surface area contributed by atoms with E-state index in [-0.39, 0.29) is 0 Å². The van der Waals surface area contributed by atoms with E-state index in [9.17, 15) is 0 Å². The number of nitrogens with zero attached hydrogens (tertiary/aromatic N) is 1. The number of benzene rings is 1. The molecule has 1 heterocycles. The number of aryl methyl sites for hydroxylation is 1. The number of anilines is 3. The van der Waals surface area contributed by atoms with Gasteiger partial charge in [-0.25, -0.2) is 0 Å². The van der Waals surface area contributed by atoms with Gasteiger partial charge in [0.1, 0.15) is 5.75 Å². The monoisotopic (exact) mass is 257 g/mol. The standard InChI is InChI=1S/C15H19N3O/c1-4-17-12-8-13(10-16-9-12)18-14-7-11(2)5-6-15(14)19-3/h5-10,17-18H,4H2,1-3H3. The van der Waals surface area contributed by atoms with Crippen molar-refractivity contribution in [3.63, 3.8) is 0 Å². The van der Waals surface area contributed by atoms with Gasteiger partial charge in [0.2, 0.25) is 0 Å². The van der Waals surface area contributed by atoms with Gasteiger partial charge in [0.05, 0.1) is 36.6 Å². The van der Waals surface area contributed by atoms with Gasteiger partial charge in [-0.1, -0.05) is 6.07 Å². The first-order valence-corrected chi connectivity index (χ1v) is 6.33. The maximum atomic E-state index is 5.35. The highest BCUT2D eigenvalue weighted by Gasteiger charge is 2.04. The highest BCUT2D eigenvalue weighted by atomic mass is 16.5. The number of methoxy groups -OCH3 is 1. The van der Waals surface area contributed by atoms with Gasteiger partial charge in [-0.3, -0.25) is 4.98 Å². The smallest absolute Gasteiger partial charge is 0.142 e. The molecule has 0 spiro atoms. The first kappa shape index (κ1) is 13.2. The van der Waals surface area contributed by atoms with Gasteiger partial charge in [0, 0.05) is 6.54 Å². The van der Waals surface area contributed by atoms with Crippen LogP contribution in [0.25, 0.3) is 0 Å². The molecule has 1 aromatic carbocycles. The van der Waals surface area contributed by atoms with Crippen molar-refractivity contribution >= 4 is 17.1 Å². The lowest BCUT2D eigenvalue weighted by Gasteiger charge is -2.12. The molecule has 1 aromatic heterocycles. The van der Waals surface area contributed by atoms with Crippen LogP contribution in [0.4, 0.5) is 17.1 Å². The van der Waals surface area contributed by atoms with Crippen LogP contribution in [0.3, 0.4) is 0 Å². The number of hydrogen-bond donors (Lipinski definition) is 2. The molecule has 0 bridgehead atoms. The molecular formula is C15H19N3O. The number of rotatable bonds is 5. The number of hydrogen-bond acceptors (Lipinski definition) is 4. The van der Waals surface area contributed by atoms with Crippen molar-refractivity contribution in [3.8, 4) is 5.75 Å². The maximum absolute atomic E-state index is 5.35. The van der Waals surface area contributed by atoms with Crippen molar-refractivity contribution in [3.05, 3.63) is 42.2 Å². The normalized spacial score (nSPS) is 10.1. The summed E-state index contributed by atoms with van der Waals surface area (Å²) in [5, 5.41) is 6.58. The second kappa shape index (κ2) is 6.09. The second-order valence-corrected chi connectivity index (χ2v) is 4.32. The Kier molecular flexibility index (Phi) is 4.23. The molecule has 0 aliphatic heterocycles. The third-order valence-electron chi connectivity index (χ3n) is 2.75. The van der Waals surface area contributed by atoms with Gasteiger partial charge < -0.3 is 15.4 Å². The fourth-order valence-electron chi connectivity index (χ4n) is 1.88. The van der Waals surface area contributed by atoms with Gasteiger partial charge in [0.25, 0.3) is 0 Å². The quantitative estimate of drug-likeness (QED) is 0.859. The molecule has 0 atom stereocenters. The van der Waals surface area contributed by atoms with Crippen LogP contribution in [0, 0.1) is 6.92 Å². The number of nitrogens with one attached hydrogen (secondary N) is 2. The molecule has 4 heteroatoms. The second-order valence-electron chi connectivity index (χ2n) is 4.32. The Morgan fingerprint density at radius 2 is 1.95 bits per heavy atom. The molecule has 0 aliphatic carbocycles. The zero-order chi connectivity index (χ0) is 13.7. The molecule has 0 saturated carbocycles. The highest BCUT2D eigenvalue weighted by molar-refractivity contribution is 5.68. The summed E-state index contributed by atoms with van der Waals surface area (Å²) in [7, 11) is 1.67. The van der Waals surface area contributed by atoms with Crippen molar-refractivity contribution < 1.29 is 4.74 Å². The van der Waals surface area contributed by atoms with Gasteiger partial charge >= 0.3 is 0 Å². The summed E-state index contributed by atoms with van der Waals surface area (Å²) >= 11 is 0. The minimum absolute atomic E-state index is 0.819.